The van der Waals surface area contributed by atoms with Crippen molar-refractivity contribution in [3.63, 3.8) is 0 Å². The molecule has 2 atom stereocenters. The van der Waals surface area contributed by atoms with Crippen LogP contribution in [-0.4, -0.2) is 35.3 Å². The highest BCUT2D eigenvalue weighted by Gasteiger charge is 2.45. The molecule has 0 aromatic heterocycles. The van der Waals surface area contributed by atoms with E-state index < -0.39 is 0 Å². The molecule has 0 aromatic rings. The van der Waals surface area contributed by atoms with Gasteiger partial charge in [0, 0.05) is 6.54 Å². The fraction of sp³-hybridized carbons (Fsp3) is 0.867. The minimum atomic E-state index is -0.328. The summed E-state index contributed by atoms with van der Waals surface area (Å²) in [6.07, 6.45) is 4.25. The van der Waals surface area contributed by atoms with Crippen molar-refractivity contribution >= 4 is 11.8 Å². The predicted octanol–water partition coefficient (Wildman–Crippen LogP) is 1.94. The Hall–Kier alpha value is -1.06. The van der Waals surface area contributed by atoms with Gasteiger partial charge in [0.2, 0.25) is 11.8 Å². The van der Waals surface area contributed by atoms with E-state index in [9.17, 15) is 9.59 Å². The third-order valence-corrected chi connectivity index (χ3v) is 4.65. The van der Waals surface area contributed by atoms with Crippen LogP contribution in [0.15, 0.2) is 0 Å². The Morgan fingerprint density at radius 2 is 2.00 bits per heavy atom. The number of carbonyl (C=O) groups is 2. The maximum atomic E-state index is 12.5. The lowest BCUT2D eigenvalue weighted by atomic mass is 9.69. The lowest BCUT2D eigenvalue weighted by Gasteiger charge is -2.48. The second-order valence-corrected chi connectivity index (χ2v) is 6.79. The van der Waals surface area contributed by atoms with E-state index in [0.29, 0.717) is 6.42 Å². The van der Waals surface area contributed by atoms with Crippen molar-refractivity contribution in [1.82, 2.24) is 10.2 Å². The molecule has 108 valence electrons. The summed E-state index contributed by atoms with van der Waals surface area (Å²) >= 11 is 0. The molecule has 1 aliphatic carbocycles. The summed E-state index contributed by atoms with van der Waals surface area (Å²) in [5.74, 6) is 0.281. The quantitative estimate of drug-likeness (QED) is 0.845. The fourth-order valence-electron chi connectivity index (χ4n) is 3.26. The molecule has 0 bridgehead atoms. The van der Waals surface area contributed by atoms with Gasteiger partial charge in [-0.05, 0) is 30.6 Å². The largest absolute Gasteiger partial charge is 0.343 e. The van der Waals surface area contributed by atoms with Gasteiger partial charge in [-0.25, -0.2) is 0 Å². The van der Waals surface area contributed by atoms with E-state index in [1.807, 2.05) is 25.7 Å². The summed E-state index contributed by atoms with van der Waals surface area (Å²) in [6.45, 7) is 8.94. The monoisotopic (exact) mass is 266 g/mol. The number of nitrogens with zero attached hydrogens (tertiary/aromatic N) is 1. The Morgan fingerprint density at radius 1 is 1.37 bits per heavy atom. The van der Waals surface area contributed by atoms with E-state index in [1.54, 1.807) is 0 Å². The third-order valence-electron chi connectivity index (χ3n) is 4.65. The molecule has 2 rings (SSSR count). The van der Waals surface area contributed by atoms with Gasteiger partial charge in [0.15, 0.2) is 0 Å². The molecule has 2 unspecified atom stereocenters. The van der Waals surface area contributed by atoms with Crippen molar-refractivity contribution < 1.29 is 9.59 Å². The van der Waals surface area contributed by atoms with Gasteiger partial charge in [0.1, 0.15) is 12.1 Å². The van der Waals surface area contributed by atoms with E-state index in [4.69, 9.17) is 0 Å². The van der Waals surface area contributed by atoms with Gasteiger partial charge >= 0.3 is 0 Å². The zero-order valence-electron chi connectivity index (χ0n) is 12.5. The molecule has 0 aromatic carbocycles. The third kappa shape index (κ3) is 2.63. The minimum Gasteiger partial charge on any atom is -0.343 e. The fourth-order valence-corrected chi connectivity index (χ4v) is 3.26. The first-order valence-electron chi connectivity index (χ1n) is 7.49. The topological polar surface area (TPSA) is 49.4 Å². The van der Waals surface area contributed by atoms with Crippen LogP contribution in [0.1, 0.15) is 53.4 Å². The summed E-state index contributed by atoms with van der Waals surface area (Å²) in [7, 11) is 0. The van der Waals surface area contributed by atoms with Crippen LogP contribution in [0.5, 0.6) is 0 Å². The lowest BCUT2D eigenvalue weighted by Crippen LogP contribution is -2.66. The van der Waals surface area contributed by atoms with Crippen LogP contribution >= 0.6 is 0 Å². The van der Waals surface area contributed by atoms with Crippen LogP contribution in [0.2, 0.25) is 0 Å². The highest BCUT2D eigenvalue weighted by molar-refractivity contribution is 5.97. The van der Waals surface area contributed by atoms with Crippen LogP contribution in [0.3, 0.4) is 0 Å². The Balaban J connectivity index is 2.21. The smallest absolute Gasteiger partial charge is 0.245 e. The summed E-state index contributed by atoms with van der Waals surface area (Å²) in [4.78, 5) is 26.7. The number of rotatable bonds is 4. The first-order chi connectivity index (χ1) is 8.88. The predicted molar refractivity (Wildman–Crippen MR) is 74.5 cm³/mol. The number of hydrogen-bond acceptors (Lipinski definition) is 2. The molecular formula is C15H26N2O2. The Bertz CT molecular complexity index is 374. The van der Waals surface area contributed by atoms with Gasteiger partial charge in [-0.15, -0.1) is 0 Å². The standard InChI is InChI=1S/C15H26N2O2/c1-5-11-14(19)17(9-15(4)7-6-8-15)12(10(2)3)13(18)16-11/h10-12H,5-9H2,1-4H3,(H,16,18). The van der Waals surface area contributed by atoms with Gasteiger partial charge < -0.3 is 10.2 Å². The summed E-state index contributed by atoms with van der Waals surface area (Å²) in [6, 6.07) is -0.626. The highest BCUT2D eigenvalue weighted by Crippen LogP contribution is 2.42. The molecule has 1 N–H and O–H groups in total. The number of carbonyl (C=O) groups excluding carboxylic acids is 2. The van der Waals surface area contributed by atoms with Gasteiger partial charge in [0.05, 0.1) is 0 Å². The molecule has 1 aliphatic heterocycles. The average molecular weight is 266 g/mol. The van der Waals surface area contributed by atoms with Gasteiger partial charge in [0.25, 0.3) is 0 Å². The molecule has 1 saturated heterocycles. The first-order valence-corrected chi connectivity index (χ1v) is 7.49. The normalized spacial score (nSPS) is 30.3. The molecule has 2 fully saturated rings. The Kier molecular flexibility index (Phi) is 3.88. The average Bonchev–Trinajstić information content (AvgIpc) is 2.30. The van der Waals surface area contributed by atoms with Crippen LogP contribution in [0.4, 0.5) is 0 Å². The number of piperazine rings is 1. The van der Waals surface area contributed by atoms with E-state index >= 15 is 0 Å². The van der Waals surface area contributed by atoms with Crippen LogP contribution in [0.25, 0.3) is 0 Å². The molecule has 2 aliphatic rings. The van der Waals surface area contributed by atoms with E-state index in [1.165, 1.54) is 19.3 Å². The molecule has 4 heteroatoms. The number of hydrogen-bond donors (Lipinski definition) is 1. The molecule has 0 spiro atoms. The highest BCUT2D eigenvalue weighted by atomic mass is 16.2. The zero-order chi connectivity index (χ0) is 14.2. The summed E-state index contributed by atoms with van der Waals surface area (Å²) in [5.41, 5.74) is 0.221. The van der Waals surface area contributed by atoms with Crippen LogP contribution in [-0.2, 0) is 9.59 Å². The van der Waals surface area contributed by atoms with Crippen molar-refractivity contribution in [2.24, 2.45) is 11.3 Å². The molecule has 1 saturated carbocycles. The second kappa shape index (κ2) is 5.14. The Morgan fingerprint density at radius 3 is 2.42 bits per heavy atom. The van der Waals surface area contributed by atoms with Crippen molar-refractivity contribution in [3.8, 4) is 0 Å². The van der Waals surface area contributed by atoms with E-state index in [0.717, 1.165) is 6.54 Å². The van der Waals surface area contributed by atoms with Gasteiger partial charge in [-0.1, -0.05) is 34.1 Å². The zero-order valence-corrected chi connectivity index (χ0v) is 12.5. The molecular weight excluding hydrogens is 240 g/mol. The maximum absolute atomic E-state index is 12.5. The van der Waals surface area contributed by atoms with Gasteiger partial charge in [-0.2, -0.15) is 0 Å². The number of nitrogens with one attached hydrogen (secondary N) is 1. The SMILES string of the molecule is CCC1NC(=O)C(C(C)C)N(CC2(C)CCC2)C1=O. The van der Waals surface area contributed by atoms with Gasteiger partial charge in [-0.3, -0.25) is 9.59 Å². The number of amides is 2. The van der Waals surface area contributed by atoms with Crippen molar-refractivity contribution in [3.05, 3.63) is 0 Å². The molecule has 4 nitrogen and oxygen atoms in total. The van der Waals surface area contributed by atoms with Crippen molar-refractivity contribution in [2.75, 3.05) is 6.54 Å². The summed E-state index contributed by atoms with van der Waals surface area (Å²) < 4.78 is 0. The van der Waals surface area contributed by atoms with Crippen LogP contribution < -0.4 is 5.32 Å². The Labute approximate surface area is 115 Å². The first kappa shape index (κ1) is 14.4. The summed E-state index contributed by atoms with van der Waals surface area (Å²) in [5, 5.41) is 2.87. The van der Waals surface area contributed by atoms with Crippen molar-refractivity contribution in [2.45, 2.75) is 65.5 Å². The van der Waals surface area contributed by atoms with E-state index in [-0.39, 0.29) is 35.2 Å². The molecule has 1 heterocycles. The minimum absolute atomic E-state index is 0.0179. The molecule has 0 radical (unpaired) electrons. The molecule has 2 amide bonds. The van der Waals surface area contributed by atoms with Crippen LogP contribution in [0, 0.1) is 11.3 Å². The van der Waals surface area contributed by atoms with E-state index in [2.05, 4.69) is 12.2 Å². The van der Waals surface area contributed by atoms with Crippen molar-refractivity contribution in [1.29, 1.82) is 0 Å². The second-order valence-electron chi connectivity index (χ2n) is 6.79. The lowest BCUT2D eigenvalue weighted by molar-refractivity contribution is -0.154. The molecule has 19 heavy (non-hydrogen) atoms. The maximum Gasteiger partial charge on any atom is 0.245 e.